The highest BCUT2D eigenvalue weighted by Crippen LogP contribution is 2.16. The van der Waals surface area contributed by atoms with Gasteiger partial charge < -0.3 is 5.32 Å². The molecule has 4 rings (SSSR count). The van der Waals surface area contributed by atoms with E-state index in [1.165, 1.54) is 6.33 Å². The van der Waals surface area contributed by atoms with Crippen LogP contribution in [0.5, 0.6) is 0 Å². The summed E-state index contributed by atoms with van der Waals surface area (Å²) in [5, 5.41) is 2.88. The Morgan fingerprint density at radius 1 is 0.846 bits per heavy atom. The first kappa shape index (κ1) is 15.8. The van der Waals surface area contributed by atoms with Crippen LogP contribution in [0.25, 0.3) is 22.3 Å². The number of aromatic nitrogens is 4. The van der Waals surface area contributed by atoms with Crippen LogP contribution >= 0.6 is 0 Å². The third kappa shape index (κ3) is 3.39. The van der Waals surface area contributed by atoms with Gasteiger partial charge >= 0.3 is 0 Å². The molecule has 0 saturated heterocycles. The molecule has 0 aliphatic heterocycles. The second-order valence-corrected chi connectivity index (χ2v) is 5.70. The van der Waals surface area contributed by atoms with Crippen LogP contribution in [0.3, 0.4) is 0 Å². The third-order valence-electron chi connectivity index (χ3n) is 3.95. The largest absolute Gasteiger partial charge is 0.346 e. The summed E-state index contributed by atoms with van der Waals surface area (Å²) in [6.07, 6.45) is 4.74. The first-order valence-corrected chi connectivity index (χ1v) is 8.15. The average molecular weight is 341 g/mol. The van der Waals surface area contributed by atoms with Gasteiger partial charge in [-0.05, 0) is 24.3 Å². The number of benzene rings is 2. The van der Waals surface area contributed by atoms with E-state index in [0.717, 1.165) is 22.5 Å². The van der Waals surface area contributed by atoms with E-state index in [9.17, 15) is 4.79 Å². The summed E-state index contributed by atoms with van der Waals surface area (Å²) in [7, 11) is 0. The lowest BCUT2D eigenvalue weighted by Crippen LogP contribution is -2.23. The summed E-state index contributed by atoms with van der Waals surface area (Å²) in [6.45, 7) is 0.319. The normalized spacial score (nSPS) is 10.6. The zero-order valence-corrected chi connectivity index (χ0v) is 13.8. The van der Waals surface area contributed by atoms with Crippen molar-refractivity contribution in [2.45, 2.75) is 6.54 Å². The fourth-order valence-electron chi connectivity index (χ4n) is 2.64. The number of nitrogens with one attached hydrogen (secondary N) is 1. The molecule has 1 N–H and O–H groups in total. The summed E-state index contributed by atoms with van der Waals surface area (Å²) in [4.78, 5) is 29.4. The Morgan fingerprint density at radius 2 is 1.65 bits per heavy atom. The molecule has 2 heterocycles. The molecule has 0 fully saturated rings. The second kappa shape index (κ2) is 7.06. The molecular weight excluding hydrogens is 326 g/mol. The average Bonchev–Trinajstić information content (AvgIpc) is 2.72. The van der Waals surface area contributed by atoms with E-state index in [0.29, 0.717) is 17.6 Å². The van der Waals surface area contributed by atoms with Crippen molar-refractivity contribution in [1.29, 1.82) is 0 Å². The summed E-state index contributed by atoms with van der Waals surface area (Å²) in [5.74, 6) is -0.183. The van der Waals surface area contributed by atoms with Crippen molar-refractivity contribution < 1.29 is 4.79 Å². The number of amides is 1. The van der Waals surface area contributed by atoms with Crippen molar-refractivity contribution in [2.75, 3.05) is 0 Å². The number of fused-ring (bicyclic) bond motifs is 1. The van der Waals surface area contributed by atoms with E-state index in [-0.39, 0.29) is 5.91 Å². The van der Waals surface area contributed by atoms with E-state index >= 15 is 0 Å². The van der Waals surface area contributed by atoms with Crippen LogP contribution < -0.4 is 5.32 Å². The number of carbonyl (C=O) groups excluding carboxylic acids is 1. The maximum absolute atomic E-state index is 12.4. The minimum atomic E-state index is -0.183. The fourth-order valence-corrected chi connectivity index (χ4v) is 2.64. The van der Waals surface area contributed by atoms with Gasteiger partial charge in [-0.1, -0.05) is 30.3 Å². The summed E-state index contributed by atoms with van der Waals surface area (Å²) < 4.78 is 0. The van der Waals surface area contributed by atoms with Crippen molar-refractivity contribution in [2.24, 2.45) is 0 Å². The predicted molar refractivity (Wildman–Crippen MR) is 98.2 cm³/mol. The number of carbonyl (C=O) groups is 1. The minimum Gasteiger partial charge on any atom is -0.346 e. The van der Waals surface area contributed by atoms with E-state index in [4.69, 9.17) is 0 Å². The molecule has 0 aliphatic carbocycles. The lowest BCUT2D eigenvalue weighted by Gasteiger charge is -2.07. The van der Waals surface area contributed by atoms with Crippen LogP contribution in [0.2, 0.25) is 0 Å². The zero-order chi connectivity index (χ0) is 17.8. The fraction of sp³-hybridized carbons (Fsp3) is 0.0500. The molecule has 0 spiro atoms. The molecule has 26 heavy (non-hydrogen) atoms. The van der Waals surface area contributed by atoms with Crippen molar-refractivity contribution >= 4 is 16.9 Å². The number of nitrogens with zero attached hydrogens (tertiary/aromatic N) is 4. The van der Waals surface area contributed by atoms with E-state index in [2.05, 4.69) is 25.3 Å². The molecule has 0 radical (unpaired) electrons. The van der Waals surface area contributed by atoms with Gasteiger partial charge in [-0.15, -0.1) is 0 Å². The molecule has 0 bridgehead atoms. The van der Waals surface area contributed by atoms with Gasteiger partial charge in [0.25, 0.3) is 5.91 Å². The highest BCUT2D eigenvalue weighted by molar-refractivity contribution is 5.97. The second-order valence-electron chi connectivity index (χ2n) is 5.70. The highest BCUT2D eigenvalue weighted by Gasteiger charge is 2.08. The third-order valence-corrected chi connectivity index (χ3v) is 3.95. The Labute approximate surface area is 150 Å². The minimum absolute atomic E-state index is 0.183. The number of rotatable bonds is 4. The number of hydrogen-bond donors (Lipinski definition) is 1. The van der Waals surface area contributed by atoms with Crippen LogP contribution in [0, 0.1) is 0 Å². The molecule has 0 aliphatic rings. The summed E-state index contributed by atoms with van der Waals surface area (Å²) in [6, 6.07) is 17.0. The Morgan fingerprint density at radius 3 is 2.50 bits per heavy atom. The van der Waals surface area contributed by atoms with E-state index in [1.54, 1.807) is 30.6 Å². The van der Waals surface area contributed by atoms with Crippen LogP contribution in [-0.4, -0.2) is 25.8 Å². The SMILES string of the molecule is O=C(NCc1cc(-c2ccccc2)ncn1)c1ccc2nccnc2c1. The van der Waals surface area contributed by atoms with Crippen molar-refractivity contribution in [3.63, 3.8) is 0 Å². The maximum Gasteiger partial charge on any atom is 0.251 e. The molecule has 0 atom stereocenters. The Balaban J connectivity index is 1.49. The Bertz CT molecular complexity index is 1070. The Hall–Kier alpha value is -3.67. The van der Waals surface area contributed by atoms with Gasteiger partial charge in [0.05, 0.1) is 29.0 Å². The quantitative estimate of drug-likeness (QED) is 0.617. The number of hydrogen-bond acceptors (Lipinski definition) is 5. The lowest BCUT2D eigenvalue weighted by atomic mass is 10.1. The molecule has 0 saturated carbocycles. The first-order valence-electron chi connectivity index (χ1n) is 8.15. The lowest BCUT2D eigenvalue weighted by molar-refractivity contribution is 0.0950. The summed E-state index contributed by atoms with van der Waals surface area (Å²) >= 11 is 0. The van der Waals surface area contributed by atoms with E-state index in [1.807, 2.05) is 36.4 Å². The van der Waals surface area contributed by atoms with Gasteiger partial charge in [0.15, 0.2) is 0 Å². The van der Waals surface area contributed by atoms with Crippen molar-refractivity contribution in [3.8, 4) is 11.3 Å². The molecule has 2 aromatic heterocycles. The molecule has 0 unspecified atom stereocenters. The zero-order valence-electron chi connectivity index (χ0n) is 13.8. The van der Waals surface area contributed by atoms with Gasteiger partial charge in [0, 0.05) is 23.5 Å². The molecular formula is C20H15N5O. The van der Waals surface area contributed by atoms with Crippen molar-refractivity contribution in [1.82, 2.24) is 25.3 Å². The molecule has 1 amide bonds. The standard InChI is InChI=1S/C20H15N5O/c26-20(15-6-7-17-19(10-15)22-9-8-21-17)23-12-16-11-18(25-13-24-16)14-4-2-1-3-5-14/h1-11,13H,12H2,(H,23,26). The van der Waals surface area contributed by atoms with Gasteiger partial charge in [0.1, 0.15) is 6.33 Å². The smallest absolute Gasteiger partial charge is 0.251 e. The van der Waals surface area contributed by atoms with Gasteiger partial charge in [-0.2, -0.15) is 0 Å². The first-order chi connectivity index (χ1) is 12.8. The van der Waals surface area contributed by atoms with Gasteiger partial charge in [0.2, 0.25) is 0 Å². The summed E-state index contributed by atoms with van der Waals surface area (Å²) in [5.41, 5.74) is 4.56. The van der Waals surface area contributed by atoms with E-state index < -0.39 is 0 Å². The van der Waals surface area contributed by atoms with Gasteiger partial charge in [-0.3, -0.25) is 14.8 Å². The predicted octanol–water partition coefficient (Wildman–Crippen LogP) is 3.02. The molecule has 4 aromatic rings. The van der Waals surface area contributed by atoms with Crippen LogP contribution in [0.4, 0.5) is 0 Å². The van der Waals surface area contributed by atoms with Crippen LogP contribution in [0.1, 0.15) is 16.1 Å². The highest BCUT2D eigenvalue weighted by atomic mass is 16.1. The molecule has 2 aromatic carbocycles. The van der Waals surface area contributed by atoms with Gasteiger partial charge in [-0.25, -0.2) is 9.97 Å². The molecule has 6 heteroatoms. The van der Waals surface area contributed by atoms with Crippen LogP contribution in [-0.2, 0) is 6.54 Å². The molecule has 6 nitrogen and oxygen atoms in total. The van der Waals surface area contributed by atoms with Crippen LogP contribution in [0.15, 0.2) is 73.3 Å². The Kier molecular flexibility index (Phi) is 4.30. The maximum atomic E-state index is 12.4. The van der Waals surface area contributed by atoms with Crippen molar-refractivity contribution in [3.05, 3.63) is 84.6 Å². The monoisotopic (exact) mass is 341 g/mol. The molecule has 126 valence electrons. The topological polar surface area (TPSA) is 80.7 Å².